The van der Waals surface area contributed by atoms with E-state index in [4.69, 9.17) is 14.5 Å². The van der Waals surface area contributed by atoms with Crippen LogP contribution in [0.1, 0.15) is 51.5 Å². The molecule has 6 unspecified atom stereocenters. The van der Waals surface area contributed by atoms with Crippen LogP contribution in [0.4, 0.5) is 0 Å². The van der Waals surface area contributed by atoms with Crippen LogP contribution in [0.3, 0.4) is 0 Å². The molecular formula is C21H27NO4. The number of benzene rings is 1. The minimum Gasteiger partial charge on any atom is -0.321 e. The molecule has 1 spiro atoms. The lowest BCUT2D eigenvalue weighted by atomic mass is 9.59. The Morgan fingerprint density at radius 3 is 2.77 bits per heavy atom. The van der Waals surface area contributed by atoms with Gasteiger partial charge in [-0.25, -0.2) is 9.78 Å². The molecule has 4 heterocycles. The molecule has 2 bridgehead atoms. The second-order valence-electron chi connectivity index (χ2n) is 8.73. The van der Waals surface area contributed by atoms with Gasteiger partial charge >= 0.3 is 0 Å². The largest absolute Gasteiger partial charge is 0.321 e. The van der Waals surface area contributed by atoms with E-state index in [-0.39, 0.29) is 18.1 Å². The average Bonchev–Trinajstić information content (AvgIpc) is 2.87. The molecule has 1 aliphatic carbocycles. The maximum absolute atomic E-state index is 13.1. The van der Waals surface area contributed by atoms with Crippen molar-refractivity contribution in [1.82, 2.24) is 4.90 Å². The lowest BCUT2D eigenvalue weighted by Gasteiger charge is -2.60. The molecular weight excluding hydrogens is 330 g/mol. The highest BCUT2D eigenvalue weighted by Crippen LogP contribution is 2.59. The molecule has 5 fully saturated rings. The molecule has 5 heteroatoms. The van der Waals surface area contributed by atoms with Crippen molar-refractivity contribution in [1.29, 1.82) is 0 Å². The van der Waals surface area contributed by atoms with E-state index in [9.17, 15) is 4.79 Å². The van der Waals surface area contributed by atoms with Crippen molar-refractivity contribution < 1.29 is 19.3 Å². The zero-order valence-electron chi connectivity index (χ0n) is 15.5. The van der Waals surface area contributed by atoms with Crippen LogP contribution >= 0.6 is 0 Å². The van der Waals surface area contributed by atoms with E-state index in [0.29, 0.717) is 24.8 Å². The van der Waals surface area contributed by atoms with Gasteiger partial charge < -0.3 is 9.64 Å². The second kappa shape index (κ2) is 5.78. The third kappa shape index (κ3) is 2.30. The normalized spacial score (nSPS) is 44.5. The Bertz CT molecular complexity index is 705. The summed E-state index contributed by atoms with van der Waals surface area (Å²) in [4.78, 5) is 27.0. The van der Waals surface area contributed by atoms with Gasteiger partial charge in [0.05, 0.1) is 0 Å². The monoisotopic (exact) mass is 357 g/mol. The fourth-order valence-electron chi connectivity index (χ4n) is 5.71. The Labute approximate surface area is 154 Å². The first kappa shape index (κ1) is 16.7. The Hall–Kier alpha value is -1.43. The molecule has 6 atom stereocenters. The lowest BCUT2D eigenvalue weighted by Crippen LogP contribution is -2.72. The van der Waals surface area contributed by atoms with E-state index >= 15 is 0 Å². The number of nitrogens with zero attached hydrogens (tertiary/aromatic N) is 1. The average molecular weight is 357 g/mol. The first-order valence-electron chi connectivity index (χ1n) is 9.90. The number of fused-ring (bicyclic) bond motifs is 2. The summed E-state index contributed by atoms with van der Waals surface area (Å²) < 4.78 is 6.49. The SMILES string of the molecule is CC1CCC2CC(=O)N(Cc3ccccc3)C3OC4(C)CCC1C23OO4. The van der Waals surface area contributed by atoms with E-state index < -0.39 is 11.4 Å². The minimum atomic E-state index is -0.774. The molecule has 4 saturated heterocycles. The van der Waals surface area contributed by atoms with E-state index in [0.717, 1.165) is 31.2 Å². The molecule has 140 valence electrons. The Morgan fingerprint density at radius 2 is 1.96 bits per heavy atom. The van der Waals surface area contributed by atoms with Crippen molar-refractivity contribution in [3.63, 3.8) is 0 Å². The van der Waals surface area contributed by atoms with E-state index in [1.807, 2.05) is 30.0 Å². The summed E-state index contributed by atoms with van der Waals surface area (Å²) in [5, 5.41) is 0. The number of amides is 1. The van der Waals surface area contributed by atoms with Crippen LogP contribution in [-0.2, 0) is 25.9 Å². The quantitative estimate of drug-likeness (QED) is 0.759. The highest BCUT2D eigenvalue weighted by Gasteiger charge is 2.68. The molecule has 26 heavy (non-hydrogen) atoms. The third-order valence-corrected chi connectivity index (χ3v) is 7.11. The van der Waals surface area contributed by atoms with Crippen molar-refractivity contribution >= 4 is 5.91 Å². The number of likely N-dealkylation sites (tertiary alicyclic amines) is 1. The van der Waals surface area contributed by atoms with Crippen molar-refractivity contribution in [2.75, 3.05) is 0 Å². The summed E-state index contributed by atoms with van der Waals surface area (Å²) in [6.07, 6.45) is 4.13. The van der Waals surface area contributed by atoms with Gasteiger partial charge in [0.1, 0.15) is 0 Å². The van der Waals surface area contributed by atoms with Gasteiger partial charge in [-0.05, 0) is 43.6 Å². The predicted octanol–water partition coefficient (Wildman–Crippen LogP) is 3.63. The van der Waals surface area contributed by atoms with Crippen molar-refractivity contribution in [2.45, 2.75) is 70.1 Å². The van der Waals surface area contributed by atoms with Crippen LogP contribution < -0.4 is 0 Å². The van der Waals surface area contributed by atoms with Crippen LogP contribution in [0.15, 0.2) is 30.3 Å². The van der Waals surface area contributed by atoms with Crippen LogP contribution in [0.25, 0.3) is 0 Å². The Morgan fingerprint density at radius 1 is 1.15 bits per heavy atom. The first-order valence-corrected chi connectivity index (χ1v) is 9.90. The number of piperidine rings is 1. The third-order valence-electron chi connectivity index (χ3n) is 7.11. The fraction of sp³-hybridized carbons (Fsp3) is 0.667. The summed E-state index contributed by atoms with van der Waals surface area (Å²) in [5.41, 5.74) is 0.585. The standard InChI is InChI=1S/C21H27NO4/c1-14-8-9-16-12-18(23)22(13-15-6-4-3-5-7-15)19-21(16)17(14)10-11-20(2,24-19)25-26-21/h3-7,14,16-17,19H,8-13H2,1-2H3. The zero-order chi connectivity index (χ0) is 17.9. The summed E-state index contributed by atoms with van der Waals surface area (Å²) in [6, 6.07) is 10.1. The van der Waals surface area contributed by atoms with Crippen molar-refractivity contribution in [2.24, 2.45) is 17.8 Å². The number of carbonyl (C=O) groups excluding carboxylic acids is 1. The molecule has 1 aromatic carbocycles. The number of carbonyl (C=O) groups is 1. The van der Waals surface area contributed by atoms with Crippen molar-refractivity contribution in [3.8, 4) is 0 Å². The Balaban J connectivity index is 1.58. The molecule has 0 radical (unpaired) electrons. The predicted molar refractivity (Wildman–Crippen MR) is 94.4 cm³/mol. The smallest absolute Gasteiger partial charge is 0.225 e. The molecule has 5 aliphatic rings. The number of ether oxygens (including phenoxy) is 1. The van der Waals surface area contributed by atoms with E-state index in [1.165, 1.54) is 0 Å². The number of hydrogen-bond donors (Lipinski definition) is 0. The second-order valence-corrected chi connectivity index (χ2v) is 8.73. The lowest BCUT2D eigenvalue weighted by molar-refractivity contribution is -0.546. The maximum atomic E-state index is 13.1. The molecule has 0 N–H and O–H groups in total. The van der Waals surface area contributed by atoms with Gasteiger partial charge in [0.25, 0.3) is 0 Å². The van der Waals surface area contributed by atoms with Gasteiger partial charge in [0, 0.05) is 25.3 Å². The van der Waals surface area contributed by atoms with Crippen LogP contribution in [0.5, 0.6) is 0 Å². The van der Waals surface area contributed by atoms with Gasteiger partial charge in [-0.1, -0.05) is 37.3 Å². The van der Waals surface area contributed by atoms with Gasteiger partial charge in [0.15, 0.2) is 11.8 Å². The van der Waals surface area contributed by atoms with Gasteiger partial charge in [-0.2, -0.15) is 0 Å². The first-order chi connectivity index (χ1) is 12.5. The van der Waals surface area contributed by atoms with Gasteiger partial charge in [-0.15, -0.1) is 0 Å². The Kier molecular flexibility index (Phi) is 3.72. The van der Waals surface area contributed by atoms with E-state index in [2.05, 4.69) is 19.1 Å². The molecule has 5 nitrogen and oxygen atoms in total. The molecule has 6 rings (SSSR count). The molecule has 1 amide bonds. The highest BCUT2D eigenvalue weighted by molar-refractivity contribution is 5.78. The summed E-state index contributed by atoms with van der Waals surface area (Å²) in [5.74, 6) is 0.484. The van der Waals surface area contributed by atoms with Gasteiger partial charge in [-0.3, -0.25) is 4.79 Å². The topological polar surface area (TPSA) is 48.0 Å². The van der Waals surface area contributed by atoms with Gasteiger partial charge in [0.2, 0.25) is 11.7 Å². The zero-order valence-corrected chi connectivity index (χ0v) is 15.5. The van der Waals surface area contributed by atoms with Crippen LogP contribution in [0.2, 0.25) is 0 Å². The minimum absolute atomic E-state index is 0.169. The molecule has 1 saturated carbocycles. The van der Waals surface area contributed by atoms with Crippen LogP contribution in [-0.4, -0.2) is 28.4 Å². The maximum Gasteiger partial charge on any atom is 0.225 e. The van der Waals surface area contributed by atoms with Crippen molar-refractivity contribution in [3.05, 3.63) is 35.9 Å². The number of hydrogen-bond acceptors (Lipinski definition) is 4. The summed E-state index contributed by atoms with van der Waals surface area (Å²) in [6.45, 7) is 4.81. The highest BCUT2D eigenvalue weighted by atomic mass is 17.3. The summed E-state index contributed by atoms with van der Waals surface area (Å²) >= 11 is 0. The number of rotatable bonds is 2. The van der Waals surface area contributed by atoms with Crippen LogP contribution in [0, 0.1) is 17.8 Å². The van der Waals surface area contributed by atoms with E-state index in [1.54, 1.807) is 0 Å². The molecule has 0 aromatic heterocycles. The fourth-order valence-corrected chi connectivity index (χ4v) is 5.71. The summed E-state index contributed by atoms with van der Waals surface area (Å²) in [7, 11) is 0. The molecule has 1 aromatic rings. The molecule has 4 aliphatic heterocycles.